The molecule has 104 valence electrons. The molecular formula is C14H12Cl2N2OS. The van der Waals surface area contributed by atoms with Gasteiger partial charge in [0.25, 0.3) is 0 Å². The third-order valence-corrected chi connectivity index (χ3v) is 4.65. The van der Waals surface area contributed by atoms with Gasteiger partial charge in [-0.15, -0.1) is 11.3 Å². The molecule has 0 unspecified atom stereocenters. The zero-order valence-electron chi connectivity index (χ0n) is 10.5. The number of carbonyl (C=O) groups excluding carboxylic acids is 1. The number of thiazole rings is 1. The van der Waals surface area contributed by atoms with Gasteiger partial charge >= 0.3 is 0 Å². The van der Waals surface area contributed by atoms with Crippen LogP contribution in [0.15, 0.2) is 24.4 Å². The van der Waals surface area contributed by atoms with Gasteiger partial charge < -0.3 is 5.32 Å². The maximum absolute atomic E-state index is 11.8. The van der Waals surface area contributed by atoms with Gasteiger partial charge in [0.1, 0.15) is 5.01 Å². The van der Waals surface area contributed by atoms with Crippen molar-refractivity contribution in [3.8, 4) is 10.6 Å². The quantitative estimate of drug-likeness (QED) is 0.924. The second-order valence-electron chi connectivity index (χ2n) is 4.75. The highest BCUT2D eigenvalue weighted by molar-refractivity contribution is 7.15. The van der Waals surface area contributed by atoms with Crippen molar-refractivity contribution in [2.24, 2.45) is 0 Å². The molecule has 1 aliphatic carbocycles. The van der Waals surface area contributed by atoms with Crippen molar-refractivity contribution in [2.45, 2.75) is 25.3 Å². The maximum Gasteiger partial charge on any atom is 0.225 e. The first-order chi connectivity index (χ1) is 9.63. The van der Waals surface area contributed by atoms with Crippen LogP contribution in [0.2, 0.25) is 10.0 Å². The van der Waals surface area contributed by atoms with Crippen LogP contribution in [0, 0.1) is 0 Å². The van der Waals surface area contributed by atoms with Gasteiger partial charge in [-0.2, -0.15) is 0 Å². The molecule has 0 spiro atoms. The van der Waals surface area contributed by atoms with Crippen LogP contribution in [-0.2, 0) is 11.2 Å². The van der Waals surface area contributed by atoms with Crippen LogP contribution in [0.25, 0.3) is 10.6 Å². The smallest absolute Gasteiger partial charge is 0.225 e. The predicted octanol–water partition coefficient (Wildman–Crippen LogP) is 3.94. The lowest BCUT2D eigenvalue weighted by atomic mass is 10.2. The predicted molar refractivity (Wildman–Crippen MR) is 82.4 cm³/mol. The minimum Gasteiger partial charge on any atom is -0.353 e. The van der Waals surface area contributed by atoms with Crippen molar-refractivity contribution in [1.29, 1.82) is 0 Å². The maximum atomic E-state index is 11.8. The monoisotopic (exact) mass is 326 g/mol. The summed E-state index contributed by atoms with van der Waals surface area (Å²) in [7, 11) is 0. The number of nitrogens with zero attached hydrogens (tertiary/aromatic N) is 1. The van der Waals surface area contributed by atoms with Crippen LogP contribution in [0.1, 0.15) is 17.7 Å². The van der Waals surface area contributed by atoms with Crippen LogP contribution >= 0.6 is 34.5 Å². The average Bonchev–Trinajstić information content (AvgIpc) is 3.08. The van der Waals surface area contributed by atoms with Gasteiger partial charge in [-0.05, 0) is 25.0 Å². The minimum absolute atomic E-state index is 0.0490. The molecule has 1 aromatic heterocycles. The van der Waals surface area contributed by atoms with Crippen molar-refractivity contribution in [3.05, 3.63) is 39.3 Å². The summed E-state index contributed by atoms with van der Waals surface area (Å²) in [5, 5.41) is 4.85. The first-order valence-corrected chi connectivity index (χ1v) is 7.89. The number of aromatic nitrogens is 1. The normalized spacial score (nSPS) is 14.3. The number of halogens is 2. The topological polar surface area (TPSA) is 42.0 Å². The average molecular weight is 327 g/mol. The van der Waals surface area contributed by atoms with Gasteiger partial charge in [-0.25, -0.2) is 4.98 Å². The van der Waals surface area contributed by atoms with Crippen LogP contribution in [0.3, 0.4) is 0 Å². The van der Waals surface area contributed by atoms with Crippen molar-refractivity contribution < 1.29 is 4.79 Å². The van der Waals surface area contributed by atoms with Crippen LogP contribution in [0.4, 0.5) is 0 Å². The van der Waals surface area contributed by atoms with Crippen molar-refractivity contribution in [1.82, 2.24) is 10.3 Å². The molecule has 0 aliphatic heterocycles. The standard InChI is InChI=1S/C14H12Cl2N2OS/c15-10-2-1-3-11(16)13(10)14-17-7-9(20-14)6-12(19)18-8-4-5-8/h1-3,7-8H,4-6H2,(H,18,19). The third kappa shape index (κ3) is 3.14. The molecule has 1 N–H and O–H groups in total. The summed E-state index contributed by atoms with van der Waals surface area (Å²) in [6.45, 7) is 0. The van der Waals surface area contributed by atoms with Gasteiger partial charge in [0.05, 0.1) is 16.5 Å². The van der Waals surface area contributed by atoms with Crippen LogP contribution in [-0.4, -0.2) is 16.9 Å². The molecule has 0 atom stereocenters. The highest BCUT2D eigenvalue weighted by Gasteiger charge is 2.23. The lowest BCUT2D eigenvalue weighted by Crippen LogP contribution is -2.26. The SMILES string of the molecule is O=C(Cc1cnc(-c2c(Cl)cccc2Cl)s1)NC1CC1. The lowest BCUT2D eigenvalue weighted by Gasteiger charge is -2.02. The summed E-state index contributed by atoms with van der Waals surface area (Å²) in [4.78, 5) is 17.0. The Morgan fingerprint density at radius 3 is 2.70 bits per heavy atom. The Morgan fingerprint density at radius 1 is 1.35 bits per heavy atom. The van der Waals surface area contributed by atoms with E-state index in [2.05, 4.69) is 10.3 Å². The number of rotatable bonds is 4. The number of carbonyl (C=O) groups is 1. The van der Waals surface area contributed by atoms with E-state index in [1.165, 1.54) is 11.3 Å². The van der Waals surface area contributed by atoms with Gasteiger partial charge in [0.2, 0.25) is 5.91 Å². The third-order valence-electron chi connectivity index (χ3n) is 3.01. The van der Waals surface area contributed by atoms with E-state index in [0.29, 0.717) is 22.5 Å². The highest BCUT2D eigenvalue weighted by atomic mass is 35.5. The van der Waals surface area contributed by atoms with Gasteiger partial charge in [0.15, 0.2) is 0 Å². The van der Waals surface area contributed by atoms with Crippen molar-refractivity contribution >= 4 is 40.4 Å². The highest BCUT2D eigenvalue weighted by Crippen LogP contribution is 2.36. The Balaban J connectivity index is 1.77. The largest absolute Gasteiger partial charge is 0.353 e. The number of amides is 1. The first kappa shape index (κ1) is 13.9. The molecule has 1 heterocycles. The Bertz CT molecular complexity index is 632. The molecular weight excluding hydrogens is 315 g/mol. The van der Waals surface area contributed by atoms with Gasteiger partial charge in [0, 0.05) is 22.7 Å². The zero-order chi connectivity index (χ0) is 14.1. The van der Waals surface area contributed by atoms with Crippen molar-refractivity contribution in [3.63, 3.8) is 0 Å². The molecule has 0 radical (unpaired) electrons. The molecule has 1 amide bonds. The summed E-state index contributed by atoms with van der Waals surface area (Å²) < 4.78 is 0. The van der Waals surface area contributed by atoms with Crippen LogP contribution < -0.4 is 5.32 Å². The Hall–Kier alpha value is -1.10. The van der Waals surface area contributed by atoms with Crippen molar-refractivity contribution in [2.75, 3.05) is 0 Å². The van der Waals surface area contributed by atoms with Crippen LogP contribution in [0.5, 0.6) is 0 Å². The first-order valence-electron chi connectivity index (χ1n) is 6.32. The Morgan fingerprint density at radius 2 is 2.05 bits per heavy atom. The van der Waals surface area contributed by atoms with Gasteiger partial charge in [-0.1, -0.05) is 29.3 Å². The van der Waals surface area contributed by atoms with E-state index < -0.39 is 0 Å². The number of nitrogens with one attached hydrogen (secondary N) is 1. The fourth-order valence-corrected chi connectivity index (χ4v) is 3.54. The Kier molecular flexibility index (Phi) is 3.96. The van der Waals surface area contributed by atoms with E-state index in [9.17, 15) is 4.79 Å². The van der Waals surface area contributed by atoms with E-state index in [0.717, 1.165) is 28.3 Å². The number of benzene rings is 1. The van der Waals surface area contributed by atoms with E-state index in [1.807, 2.05) is 0 Å². The summed E-state index contributed by atoms with van der Waals surface area (Å²) >= 11 is 13.8. The molecule has 2 aromatic rings. The second-order valence-corrected chi connectivity index (χ2v) is 6.68. The molecule has 1 fully saturated rings. The summed E-state index contributed by atoms with van der Waals surface area (Å²) in [5.74, 6) is 0.0490. The lowest BCUT2D eigenvalue weighted by molar-refractivity contribution is -0.120. The van der Waals surface area contributed by atoms with E-state index in [1.54, 1.807) is 24.4 Å². The Labute approximate surface area is 130 Å². The molecule has 0 bridgehead atoms. The number of hydrogen-bond donors (Lipinski definition) is 1. The molecule has 3 rings (SSSR count). The molecule has 1 saturated carbocycles. The molecule has 1 aromatic carbocycles. The van der Waals surface area contributed by atoms with Gasteiger partial charge in [-0.3, -0.25) is 4.79 Å². The minimum atomic E-state index is 0.0490. The fraction of sp³-hybridized carbons (Fsp3) is 0.286. The summed E-state index contributed by atoms with van der Waals surface area (Å²) in [5.41, 5.74) is 0.731. The number of hydrogen-bond acceptors (Lipinski definition) is 3. The van der Waals surface area contributed by atoms with E-state index in [-0.39, 0.29) is 5.91 Å². The molecule has 6 heteroatoms. The molecule has 1 aliphatic rings. The molecule has 20 heavy (non-hydrogen) atoms. The molecule has 3 nitrogen and oxygen atoms in total. The fourth-order valence-electron chi connectivity index (χ4n) is 1.87. The second kappa shape index (κ2) is 5.72. The van der Waals surface area contributed by atoms with E-state index in [4.69, 9.17) is 23.2 Å². The molecule has 0 saturated heterocycles. The zero-order valence-corrected chi connectivity index (χ0v) is 12.9. The summed E-state index contributed by atoms with van der Waals surface area (Å²) in [6, 6.07) is 5.74. The summed E-state index contributed by atoms with van der Waals surface area (Å²) in [6.07, 6.45) is 4.26. The van der Waals surface area contributed by atoms with E-state index >= 15 is 0 Å².